The molecule has 3 nitrogen and oxygen atoms in total. The van der Waals surface area contributed by atoms with E-state index in [9.17, 15) is 13.6 Å². The molecule has 2 rings (SSSR count). The molecule has 1 aromatic carbocycles. The molecule has 1 saturated carbocycles. The Morgan fingerprint density at radius 3 is 2.68 bits per heavy atom. The lowest BCUT2D eigenvalue weighted by molar-refractivity contribution is -0.135. The molecule has 0 radical (unpaired) electrons. The molecular weight excluding hydrogens is 250 g/mol. The molecule has 0 heterocycles. The molecule has 0 spiro atoms. The van der Waals surface area contributed by atoms with E-state index >= 15 is 0 Å². The molecule has 1 aliphatic rings. The van der Waals surface area contributed by atoms with Crippen molar-refractivity contribution in [3.8, 4) is 0 Å². The van der Waals surface area contributed by atoms with Gasteiger partial charge in [-0.05, 0) is 38.0 Å². The van der Waals surface area contributed by atoms with Gasteiger partial charge in [-0.2, -0.15) is 0 Å². The maximum Gasteiger partial charge on any atom is 0.227 e. The molecule has 1 atom stereocenters. The molecule has 1 aliphatic carbocycles. The summed E-state index contributed by atoms with van der Waals surface area (Å²) in [5, 5.41) is 2.73. The number of hydrogen-bond donors (Lipinski definition) is 2. The van der Waals surface area contributed by atoms with Gasteiger partial charge in [0.15, 0.2) is 0 Å². The summed E-state index contributed by atoms with van der Waals surface area (Å²) < 4.78 is 26.7. The van der Waals surface area contributed by atoms with Crippen LogP contribution in [0.4, 0.5) is 8.78 Å². The van der Waals surface area contributed by atoms with Crippen molar-refractivity contribution in [1.29, 1.82) is 0 Å². The van der Waals surface area contributed by atoms with Crippen molar-refractivity contribution in [2.24, 2.45) is 11.1 Å². The Balaban J connectivity index is 2.10. The van der Waals surface area contributed by atoms with E-state index in [0.29, 0.717) is 0 Å². The van der Waals surface area contributed by atoms with Gasteiger partial charge >= 0.3 is 0 Å². The molecule has 1 aromatic rings. The van der Waals surface area contributed by atoms with Crippen LogP contribution in [0.15, 0.2) is 18.2 Å². The minimum atomic E-state index is -0.577. The minimum absolute atomic E-state index is 0.153. The third kappa shape index (κ3) is 2.61. The molecule has 0 saturated heterocycles. The van der Waals surface area contributed by atoms with Crippen molar-refractivity contribution >= 4 is 5.91 Å². The second-order valence-electron chi connectivity index (χ2n) is 5.20. The fourth-order valence-electron chi connectivity index (χ4n) is 2.40. The highest BCUT2D eigenvalue weighted by Gasteiger charge is 2.43. The van der Waals surface area contributed by atoms with E-state index in [1.165, 1.54) is 0 Å². The Hall–Kier alpha value is -1.49. The standard InChI is InChI=1S/C14H18F2N2O/c1-9(11-7-10(15)3-4-12(11)16)18-13(19)14(8-17)5-2-6-14/h3-4,7,9H,2,5-6,8,17H2,1H3,(H,18,19). The Morgan fingerprint density at radius 2 is 2.16 bits per heavy atom. The summed E-state index contributed by atoms with van der Waals surface area (Å²) in [5.41, 5.74) is 5.28. The molecule has 19 heavy (non-hydrogen) atoms. The number of carbonyl (C=O) groups excluding carboxylic acids is 1. The van der Waals surface area contributed by atoms with Gasteiger partial charge in [-0.1, -0.05) is 6.42 Å². The van der Waals surface area contributed by atoms with Crippen LogP contribution in [-0.2, 0) is 4.79 Å². The lowest BCUT2D eigenvalue weighted by atomic mass is 9.68. The van der Waals surface area contributed by atoms with E-state index in [1.54, 1.807) is 6.92 Å². The fraction of sp³-hybridized carbons (Fsp3) is 0.500. The first-order valence-corrected chi connectivity index (χ1v) is 6.44. The van der Waals surface area contributed by atoms with Crippen LogP contribution < -0.4 is 11.1 Å². The van der Waals surface area contributed by atoms with Crippen LogP contribution in [0.3, 0.4) is 0 Å². The zero-order chi connectivity index (χ0) is 14.0. The van der Waals surface area contributed by atoms with Crippen molar-refractivity contribution in [2.45, 2.75) is 32.2 Å². The fourth-order valence-corrected chi connectivity index (χ4v) is 2.40. The number of nitrogens with two attached hydrogens (primary N) is 1. The van der Waals surface area contributed by atoms with Crippen LogP contribution >= 0.6 is 0 Å². The molecule has 1 fully saturated rings. The first-order valence-electron chi connectivity index (χ1n) is 6.44. The molecule has 1 amide bonds. The summed E-state index contributed by atoms with van der Waals surface area (Å²) in [7, 11) is 0. The van der Waals surface area contributed by atoms with E-state index < -0.39 is 23.1 Å². The molecular formula is C14H18F2N2O. The van der Waals surface area contributed by atoms with Crippen molar-refractivity contribution < 1.29 is 13.6 Å². The quantitative estimate of drug-likeness (QED) is 0.880. The van der Waals surface area contributed by atoms with Crippen LogP contribution in [-0.4, -0.2) is 12.5 Å². The summed E-state index contributed by atoms with van der Waals surface area (Å²) in [4.78, 5) is 12.2. The maximum absolute atomic E-state index is 13.6. The third-order valence-electron chi connectivity index (χ3n) is 3.96. The topological polar surface area (TPSA) is 55.1 Å². The predicted molar refractivity (Wildman–Crippen MR) is 68.3 cm³/mol. The van der Waals surface area contributed by atoms with Crippen molar-refractivity contribution in [3.63, 3.8) is 0 Å². The van der Waals surface area contributed by atoms with Crippen molar-refractivity contribution in [3.05, 3.63) is 35.4 Å². The normalized spacial score (nSPS) is 18.5. The molecule has 1 unspecified atom stereocenters. The molecule has 0 bridgehead atoms. The number of amides is 1. The Kier molecular flexibility index (Phi) is 3.85. The largest absolute Gasteiger partial charge is 0.349 e. The Morgan fingerprint density at radius 1 is 1.47 bits per heavy atom. The van der Waals surface area contributed by atoms with Gasteiger partial charge in [0.25, 0.3) is 0 Å². The Bertz CT molecular complexity index is 481. The van der Waals surface area contributed by atoms with Crippen LogP contribution in [0.1, 0.15) is 37.8 Å². The van der Waals surface area contributed by atoms with E-state index in [2.05, 4.69) is 5.32 Å². The van der Waals surface area contributed by atoms with Gasteiger partial charge in [-0.25, -0.2) is 8.78 Å². The van der Waals surface area contributed by atoms with Gasteiger partial charge in [0.2, 0.25) is 5.91 Å². The number of halogens is 2. The van der Waals surface area contributed by atoms with Crippen LogP contribution in [0.25, 0.3) is 0 Å². The van der Waals surface area contributed by atoms with Gasteiger partial charge in [0.1, 0.15) is 11.6 Å². The monoisotopic (exact) mass is 268 g/mol. The SMILES string of the molecule is CC(NC(=O)C1(CN)CCC1)c1cc(F)ccc1F. The number of nitrogens with one attached hydrogen (secondary N) is 1. The van der Waals surface area contributed by atoms with Gasteiger partial charge in [0, 0.05) is 12.1 Å². The smallest absolute Gasteiger partial charge is 0.227 e. The van der Waals surface area contributed by atoms with Crippen molar-refractivity contribution in [2.75, 3.05) is 6.54 Å². The lowest BCUT2D eigenvalue weighted by Gasteiger charge is -2.39. The van der Waals surface area contributed by atoms with Crippen LogP contribution in [0, 0.1) is 17.0 Å². The number of benzene rings is 1. The highest BCUT2D eigenvalue weighted by Crippen LogP contribution is 2.40. The number of rotatable bonds is 4. The second kappa shape index (κ2) is 5.25. The summed E-state index contributed by atoms with van der Waals surface area (Å²) in [6.07, 6.45) is 2.49. The van der Waals surface area contributed by atoms with Gasteiger partial charge in [-0.3, -0.25) is 4.79 Å². The summed E-state index contributed by atoms with van der Waals surface area (Å²) in [5.74, 6) is -1.21. The van der Waals surface area contributed by atoms with E-state index in [0.717, 1.165) is 37.5 Å². The minimum Gasteiger partial charge on any atom is -0.349 e. The summed E-state index contributed by atoms with van der Waals surface area (Å²) in [6.45, 7) is 1.93. The molecule has 3 N–H and O–H groups in total. The molecule has 0 aromatic heterocycles. The first-order chi connectivity index (χ1) is 8.98. The zero-order valence-corrected chi connectivity index (χ0v) is 10.9. The summed E-state index contributed by atoms with van der Waals surface area (Å²) in [6, 6.07) is 2.65. The maximum atomic E-state index is 13.6. The average molecular weight is 268 g/mol. The second-order valence-corrected chi connectivity index (χ2v) is 5.20. The third-order valence-corrected chi connectivity index (χ3v) is 3.96. The van der Waals surface area contributed by atoms with Gasteiger partial charge < -0.3 is 11.1 Å². The zero-order valence-electron chi connectivity index (χ0n) is 10.9. The molecule has 104 valence electrons. The number of hydrogen-bond acceptors (Lipinski definition) is 2. The highest BCUT2D eigenvalue weighted by molar-refractivity contribution is 5.84. The van der Waals surface area contributed by atoms with E-state index in [-0.39, 0.29) is 18.0 Å². The highest BCUT2D eigenvalue weighted by atomic mass is 19.1. The van der Waals surface area contributed by atoms with Gasteiger partial charge in [-0.15, -0.1) is 0 Å². The lowest BCUT2D eigenvalue weighted by Crippen LogP contribution is -2.50. The van der Waals surface area contributed by atoms with Crippen LogP contribution in [0.2, 0.25) is 0 Å². The van der Waals surface area contributed by atoms with Crippen molar-refractivity contribution in [1.82, 2.24) is 5.32 Å². The molecule has 0 aliphatic heterocycles. The summed E-state index contributed by atoms with van der Waals surface area (Å²) >= 11 is 0. The average Bonchev–Trinajstić information content (AvgIpc) is 2.31. The van der Waals surface area contributed by atoms with Gasteiger partial charge in [0.05, 0.1) is 11.5 Å². The van der Waals surface area contributed by atoms with E-state index in [4.69, 9.17) is 5.73 Å². The first kappa shape index (κ1) is 13.9. The predicted octanol–water partition coefficient (Wildman–Crippen LogP) is 2.27. The number of carbonyl (C=O) groups is 1. The Labute approximate surface area is 111 Å². The molecule has 5 heteroatoms. The van der Waals surface area contributed by atoms with E-state index in [1.807, 2.05) is 0 Å². The van der Waals surface area contributed by atoms with Crippen LogP contribution in [0.5, 0.6) is 0 Å².